The zero-order valence-corrected chi connectivity index (χ0v) is 8.03. The molecular formula is C10H17NO2. The van der Waals surface area contributed by atoms with Gasteiger partial charge in [0, 0.05) is 6.04 Å². The molecule has 2 rings (SSSR count). The van der Waals surface area contributed by atoms with Crippen molar-refractivity contribution < 1.29 is 9.53 Å². The predicted molar refractivity (Wildman–Crippen MR) is 48.9 cm³/mol. The maximum atomic E-state index is 11.5. The molecule has 2 saturated carbocycles. The van der Waals surface area contributed by atoms with Gasteiger partial charge in [-0.05, 0) is 38.0 Å². The number of hydrogen-bond acceptors (Lipinski definition) is 3. The number of nitrogens with two attached hydrogens (primary N) is 1. The van der Waals surface area contributed by atoms with Gasteiger partial charge in [0.25, 0.3) is 0 Å². The fourth-order valence-corrected chi connectivity index (χ4v) is 2.92. The minimum Gasteiger partial charge on any atom is -0.466 e. The maximum Gasteiger partial charge on any atom is 0.310 e. The molecule has 0 saturated heterocycles. The summed E-state index contributed by atoms with van der Waals surface area (Å²) in [5.74, 6) is 1.03. The average molecular weight is 183 g/mol. The summed E-state index contributed by atoms with van der Waals surface area (Å²) in [5.41, 5.74) is 5.99. The monoisotopic (exact) mass is 183 g/mol. The van der Waals surface area contributed by atoms with Crippen molar-refractivity contribution in [1.29, 1.82) is 0 Å². The van der Waals surface area contributed by atoms with Gasteiger partial charge in [-0.25, -0.2) is 0 Å². The molecule has 2 aliphatic rings. The van der Waals surface area contributed by atoms with Crippen molar-refractivity contribution >= 4 is 5.97 Å². The minimum atomic E-state index is -0.0674. The molecule has 0 radical (unpaired) electrons. The third-order valence-electron chi connectivity index (χ3n) is 3.54. The number of rotatable bonds is 2. The molecule has 0 heterocycles. The van der Waals surface area contributed by atoms with Gasteiger partial charge in [0.05, 0.1) is 12.5 Å². The number of carbonyl (C=O) groups is 1. The Kier molecular flexibility index (Phi) is 2.28. The molecule has 0 amide bonds. The van der Waals surface area contributed by atoms with E-state index >= 15 is 0 Å². The predicted octanol–water partition coefficient (Wildman–Crippen LogP) is 0.923. The van der Waals surface area contributed by atoms with Crippen LogP contribution in [-0.2, 0) is 9.53 Å². The van der Waals surface area contributed by atoms with Gasteiger partial charge in [0.1, 0.15) is 0 Å². The van der Waals surface area contributed by atoms with Crippen molar-refractivity contribution in [1.82, 2.24) is 0 Å². The van der Waals surface area contributed by atoms with E-state index in [1.54, 1.807) is 0 Å². The van der Waals surface area contributed by atoms with Crippen LogP contribution in [0.1, 0.15) is 26.2 Å². The van der Waals surface area contributed by atoms with E-state index < -0.39 is 0 Å². The van der Waals surface area contributed by atoms with E-state index in [0.717, 1.165) is 6.42 Å². The highest BCUT2D eigenvalue weighted by Gasteiger charge is 2.49. The number of esters is 1. The molecule has 0 aliphatic heterocycles. The van der Waals surface area contributed by atoms with E-state index in [0.29, 0.717) is 18.4 Å². The highest BCUT2D eigenvalue weighted by Crippen LogP contribution is 2.47. The SMILES string of the molecule is CCOC(=O)[C@@H]1[C@@H]2CC[C@@H](C2)[C@H]1N. The lowest BCUT2D eigenvalue weighted by atomic mass is 9.85. The van der Waals surface area contributed by atoms with Crippen LogP contribution in [0.15, 0.2) is 0 Å². The standard InChI is InChI=1S/C10H17NO2/c1-2-13-10(12)8-6-3-4-7(5-6)9(8)11/h6-9H,2-5,11H2,1H3/t6-,7+,8-,9-/m1/s1. The second kappa shape index (κ2) is 3.29. The Hall–Kier alpha value is -0.570. The van der Waals surface area contributed by atoms with Crippen LogP contribution < -0.4 is 5.73 Å². The zero-order valence-electron chi connectivity index (χ0n) is 8.03. The summed E-state index contributed by atoms with van der Waals surface area (Å²) in [5, 5.41) is 0. The van der Waals surface area contributed by atoms with E-state index in [1.807, 2.05) is 6.92 Å². The summed E-state index contributed by atoms with van der Waals surface area (Å²) >= 11 is 0. The van der Waals surface area contributed by atoms with Gasteiger partial charge in [0.15, 0.2) is 0 Å². The Morgan fingerprint density at radius 1 is 1.46 bits per heavy atom. The molecule has 4 atom stereocenters. The molecule has 0 spiro atoms. The van der Waals surface area contributed by atoms with Crippen molar-refractivity contribution in [3.63, 3.8) is 0 Å². The van der Waals surface area contributed by atoms with Gasteiger partial charge in [-0.1, -0.05) is 0 Å². The van der Waals surface area contributed by atoms with Crippen LogP contribution in [0.2, 0.25) is 0 Å². The molecule has 2 fully saturated rings. The highest BCUT2D eigenvalue weighted by atomic mass is 16.5. The molecule has 2 bridgehead atoms. The van der Waals surface area contributed by atoms with E-state index in [1.165, 1.54) is 12.8 Å². The smallest absolute Gasteiger partial charge is 0.310 e. The summed E-state index contributed by atoms with van der Waals surface area (Å²) in [4.78, 5) is 11.5. The average Bonchev–Trinajstić information content (AvgIpc) is 2.63. The molecule has 0 aromatic heterocycles. The van der Waals surface area contributed by atoms with Gasteiger partial charge in [-0.3, -0.25) is 4.79 Å². The van der Waals surface area contributed by atoms with Crippen LogP contribution in [0.4, 0.5) is 0 Å². The lowest BCUT2D eigenvalue weighted by Crippen LogP contribution is -2.41. The normalized spacial score (nSPS) is 42.3. The summed E-state index contributed by atoms with van der Waals surface area (Å²) in [7, 11) is 0. The van der Waals surface area contributed by atoms with Gasteiger partial charge < -0.3 is 10.5 Å². The Morgan fingerprint density at radius 3 is 2.69 bits per heavy atom. The number of hydrogen-bond donors (Lipinski definition) is 1. The van der Waals surface area contributed by atoms with E-state index in [2.05, 4.69) is 0 Å². The highest BCUT2D eigenvalue weighted by molar-refractivity contribution is 5.74. The lowest BCUT2D eigenvalue weighted by molar-refractivity contribution is -0.150. The van der Waals surface area contributed by atoms with E-state index in [-0.39, 0.29) is 17.9 Å². The second-order valence-corrected chi connectivity index (χ2v) is 4.19. The molecular weight excluding hydrogens is 166 g/mol. The topological polar surface area (TPSA) is 52.3 Å². The third kappa shape index (κ3) is 1.35. The van der Waals surface area contributed by atoms with E-state index in [4.69, 9.17) is 10.5 Å². The van der Waals surface area contributed by atoms with Crippen molar-refractivity contribution in [3.8, 4) is 0 Å². The molecule has 2 aliphatic carbocycles. The number of carbonyl (C=O) groups excluding carboxylic acids is 1. The van der Waals surface area contributed by atoms with Crippen molar-refractivity contribution in [2.75, 3.05) is 6.61 Å². The first kappa shape index (κ1) is 9.00. The van der Waals surface area contributed by atoms with E-state index in [9.17, 15) is 4.79 Å². The molecule has 3 heteroatoms. The summed E-state index contributed by atoms with van der Waals surface area (Å²) in [6.45, 7) is 2.32. The van der Waals surface area contributed by atoms with Crippen molar-refractivity contribution in [2.45, 2.75) is 32.2 Å². The van der Waals surface area contributed by atoms with Crippen molar-refractivity contribution in [3.05, 3.63) is 0 Å². The number of ether oxygens (including phenoxy) is 1. The first-order valence-electron chi connectivity index (χ1n) is 5.16. The number of fused-ring (bicyclic) bond motifs is 2. The molecule has 3 nitrogen and oxygen atoms in total. The molecule has 2 N–H and O–H groups in total. The van der Waals surface area contributed by atoms with Gasteiger partial charge >= 0.3 is 5.97 Å². The fourth-order valence-electron chi connectivity index (χ4n) is 2.92. The maximum absolute atomic E-state index is 11.5. The zero-order chi connectivity index (χ0) is 9.42. The fraction of sp³-hybridized carbons (Fsp3) is 0.900. The first-order valence-corrected chi connectivity index (χ1v) is 5.16. The Morgan fingerprint density at radius 2 is 2.15 bits per heavy atom. The Labute approximate surface area is 78.6 Å². The minimum absolute atomic E-state index is 0.00120. The van der Waals surface area contributed by atoms with Crippen LogP contribution in [-0.4, -0.2) is 18.6 Å². The van der Waals surface area contributed by atoms with Gasteiger partial charge in [-0.2, -0.15) is 0 Å². The van der Waals surface area contributed by atoms with Crippen LogP contribution in [0.25, 0.3) is 0 Å². The molecule has 0 aromatic rings. The quantitative estimate of drug-likeness (QED) is 0.648. The summed E-state index contributed by atoms with van der Waals surface area (Å²) in [6.07, 6.45) is 3.52. The first-order chi connectivity index (χ1) is 6.24. The largest absolute Gasteiger partial charge is 0.466 e. The molecule has 13 heavy (non-hydrogen) atoms. The molecule has 0 aromatic carbocycles. The summed E-state index contributed by atoms with van der Waals surface area (Å²) in [6, 6.07) is 0.0674. The molecule has 74 valence electrons. The van der Waals surface area contributed by atoms with Crippen LogP contribution in [0, 0.1) is 17.8 Å². The third-order valence-corrected chi connectivity index (χ3v) is 3.54. The van der Waals surface area contributed by atoms with Crippen LogP contribution >= 0.6 is 0 Å². The van der Waals surface area contributed by atoms with Gasteiger partial charge in [0.2, 0.25) is 0 Å². The van der Waals surface area contributed by atoms with Gasteiger partial charge in [-0.15, -0.1) is 0 Å². The second-order valence-electron chi connectivity index (χ2n) is 4.19. The summed E-state index contributed by atoms with van der Waals surface area (Å²) < 4.78 is 5.03. The Bertz CT molecular complexity index is 215. The lowest BCUT2D eigenvalue weighted by Gasteiger charge is -2.25. The van der Waals surface area contributed by atoms with Crippen LogP contribution in [0.5, 0.6) is 0 Å². The van der Waals surface area contributed by atoms with Crippen molar-refractivity contribution in [2.24, 2.45) is 23.5 Å². The van der Waals surface area contributed by atoms with Crippen LogP contribution in [0.3, 0.4) is 0 Å². The molecule has 0 unspecified atom stereocenters. The Balaban J connectivity index is 2.03.